The first-order valence-electron chi connectivity index (χ1n) is 8.88. The number of carbonyl (C=O) groups is 1. The van der Waals surface area contributed by atoms with E-state index in [1.54, 1.807) is 6.20 Å². The molecule has 0 aromatic carbocycles. The minimum absolute atomic E-state index is 0.276. The van der Waals surface area contributed by atoms with Crippen molar-refractivity contribution < 1.29 is 9.90 Å². The van der Waals surface area contributed by atoms with Crippen molar-refractivity contribution in [1.29, 1.82) is 0 Å². The molecule has 1 aliphatic carbocycles. The third-order valence-electron chi connectivity index (χ3n) is 5.40. The minimum Gasteiger partial charge on any atom is -0.388 e. The molecule has 1 saturated heterocycles. The van der Waals surface area contributed by atoms with E-state index in [9.17, 15) is 9.90 Å². The van der Waals surface area contributed by atoms with Gasteiger partial charge in [-0.3, -0.25) is 5.32 Å². The van der Waals surface area contributed by atoms with Gasteiger partial charge in [-0.15, -0.1) is 0 Å². The van der Waals surface area contributed by atoms with Gasteiger partial charge in [0.05, 0.1) is 17.8 Å². The molecule has 24 heavy (non-hydrogen) atoms. The summed E-state index contributed by atoms with van der Waals surface area (Å²) in [5.74, 6) is 1.41. The molecule has 1 atom stereocenters. The average molecular weight is 335 g/mol. The molecule has 2 aliphatic rings. The summed E-state index contributed by atoms with van der Waals surface area (Å²) in [6, 6.07) is 0.0160. The highest BCUT2D eigenvalue weighted by atomic mass is 16.3. The second-order valence-electron chi connectivity index (χ2n) is 7.53. The predicted molar refractivity (Wildman–Crippen MR) is 93.1 cm³/mol. The van der Waals surface area contributed by atoms with Crippen molar-refractivity contribution >= 4 is 11.8 Å². The van der Waals surface area contributed by atoms with Crippen LogP contribution in [0.3, 0.4) is 0 Å². The molecule has 1 aromatic heterocycles. The summed E-state index contributed by atoms with van der Waals surface area (Å²) in [5, 5.41) is 20.7. The average Bonchev–Trinajstić information content (AvgIpc) is 3.34. The van der Waals surface area contributed by atoms with Crippen molar-refractivity contribution in [3.05, 3.63) is 11.8 Å². The molecule has 2 fully saturated rings. The predicted octanol–water partition coefficient (Wildman–Crippen LogP) is 1.74. The van der Waals surface area contributed by atoms with Gasteiger partial charge in [-0.05, 0) is 52.5 Å². The number of piperidine rings is 1. The second kappa shape index (κ2) is 6.72. The molecular weight excluding hydrogens is 306 g/mol. The Bertz CT molecular complexity index is 588. The molecule has 2 amide bonds. The van der Waals surface area contributed by atoms with E-state index >= 15 is 0 Å². The summed E-state index contributed by atoms with van der Waals surface area (Å²) >= 11 is 0. The number of aryl methyl sites for hydroxylation is 1. The number of carbonyl (C=O) groups excluding carboxylic acids is 1. The van der Waals surface area contributed by atoms with Gasteiger partial charge < -0.3 is 15.3 Å². The lowest BCUT2D eigenvalue weighted by Gasteiger charge is -2.36. The fraction of sp³-hybridized carbons (Fsp3) is 0.765. The molecule has 134 valence electrons. The van der Waals surface area contributed by atoms with E-state index in [0.717, 1.165) is 24.5 Å². The molecule has 3 rings (SSSR count). The maximum Gasteiger partial charge on any atom is 0.320 e. The normalized spacial score (nSPS) is 22.2. The van der Waals surface area contributed by atoms with Crippen molar-refractivity contribution in [1.82, 2.24) is 20.0 Å². The quantitative estimate of drug-likeness (QED) is 0.765. The molecule has 1 unspecified atom stereocenters. The van der Waals surface area contributed by atoms with Gasteiger partial charge in [0.2, 0.25) is 0 Å². The van der Waals surface area contributed by atoms with Crippen LogP contribution in [0.1, 0.15) is 44.2 Å². The van der Waals surface area contributed by atoms with Gasteiger partial charge in [0.25, 0.3) is 0 Å². The maximum absolute atomic E-state index is 12.3. The minimum atomic E-state index is -0.805. The molecule has 3 N–H and O–H groups in total. The Hall–Kier alpha value is -1.60. The summed E-state index contributed by atoms with van der Waals surface area (Å²) in [6.45, 7) is 6.07. The van der Waals surface area contributed by atoms with Gasteiger partial charge in [-0.2, -0.15) is 5.10 Å². The highest BCUT2D eigenvalue weighted by Gasteiger charge is 2.33. The number of amides is 2. The zero-order valence-electron chi connectivity index (χ0n) is 14.9. The third-order valence-corrected chi connectivity index (χ3v) is 5.40. The van der Waals surface area contributed by atoms with Crippen molar-refractivity contribution in [2.75, 3.05) is 32.0 Å². The molecule has 0 spiro atoms. The van der Waals surface area contributed by atoms with Crippen LogP contribution in [0, 0.1) is 12.8 Å². The lowest BCUT2D eigenvalue weighted by Crippen LogP contribution is -2.50. The molecule has 1 aliphatic heterocycles. The standard InChI is InChI=1S/C17H29N5O2/c1-12-10-19-22(13(2)14-4-5-14)15(12)20-16(23)18-11-17(24)6-8-21(3)9-7-17/h10,13-14,24H,4-9,11H2,1-3H3,(H2,18,20,23). The Balaban J connectivity index is 1.56. The lowest BCUT2D eigenvalue weighted by atomic mass is 9.92. The number of likely N-dealkylation sites (tertiary alicyclic amines) is 1. The van der Waals surface area contributed by atoms with Crippen molar-refractivity contribution in [3.63, 3.8) is 0 Å². The number of aromatic nitrogens is 2. The van der Waals surface area contributed by atoms with Crippen molar-refractivity contribution in [3.8, 4) is 0 Å². The SMILES string of the molecule is Cc1cnn(C(C)C2CC2)c1NC(=O)NCC1(O)CCN(C)CC1. The summed E-state index contributed by atoms with van der Waals surface area (Å²) in [7, 11) is 2.05. The highest BCUT2D eigenvalue weighted by molar-refractivity contribution is 5.89. The molecule has 2 heterocycles. The zero-order chi connectivity index (χ0) is 17.3. The van der Waals surface area contributed by atoms with E-state index in [1.165, 1.54) is 12.8 Å². The topological polar surface area (TPSA) is 82.4 Å². The van der Waals surface area contributed by atoms with Crippen molar-refractivity contribution in [2.24, 2.45) is 5.92 Å². The lowest BCUT2D eigenvalue weighted by molar-refractivity contribution is -0.0120. The smallest absolute Gasteiger partial charge is 0.320 e. The molecule has 7 heteroatoms. The van der Waals surface area contributed by atoms with Crippen LogP contribution in [0.2, 0.25) is 0 Å². The van der Waals surface area contributed by atoms with Gasteiger partial charge in [0.15, 0.2) is 0 Å². The molecule has 1 saturated carbocycles. The number of urea groups is 1. The summed E-state index contributed by atoms with van der Waals surface area (Å²) in [5.41, 5.74) is 0.149. The Morgan fingerprint density at radius 2 is 2.12 bits per heavy atom. The van der Waals surface area contributed by atoms with E-state index in [4.69, 9.17) is 0 Å². The largest absolute Gasteiger partial charge is 0.388 e. The van der Waals surface area contributed by atoms with Crippen LogP contribution in [0.25, 0.3) is 0 Å². The Kier molecular flexibility index (Phi) is 4.83. The van der Waals surface area contributed by atoms with Crippen LogP contribution in [0.15, 0.2) is 6.20 Å². The number of nitrogens with zero attached hydrogens (tertiary/aromatic N) is 3. The fourth-order valence-corrected chi connectivity index (χ4v) is 3.30. The van der Waals surface area contributed by atoms with E-state index in [2.05, 4.69) is 27.6 Å². The molecule has 1 aromatic rings. The first-order valence-corrected chi connectivity index (χ1v) is 8.88. The molecule has 0 radical (unpaired) electrons. The Morgan fingerprint density at radius 1 is 1.46 bits per heavy atom. The van der Waals surface area contributed by atoms with Gasteiger partial charge in [-0.1, -0.05) is 0 Å². The summed E-state index contributed by atoms with van der Waals surface area (Å²) in [4.78, 5) is 14.5. The number of hydrogen-bond acceptors (Lipinski definition) is 4. The number of nitrogens with one attached hydrogen (secondary N) is 2. The Morgan fingerprint density at radius 3 is 2.75 bits per heavy atom. The Labute approximate surface area is 143 Å². The monoisotopic (exact) mass is 335 g/mol. The summed E-state index contributed by atoms with van der Waals surface area (Å²) in [6.07, 6.45) is 5.61. The molecule has 7 nitrogen and oxygen atoms in total. The van der Waals surface area contributed by atoms with Crippen LogP contribution >= 0.6 is 0 Å². The van der Waals surface area contributed by atoms with Gasteiger partial charge in [0.1, 0.15) is 5.82 Å². The van der Waals surface area contributed by atoms with Crippen LogP contribution in [0.5, 0.6) is 0 Å². The number of anilines is 1. The van der Waals surface area contributed by atoms with Crippen LogP contribution in [0.4, 0.5) is 10.6 Å². The number of aliphatic hydroxyl groups is 1. The molecular formula is C17H29N5O2. The zero-order valence-corrected chi connectivity index (χ0v) is 14.9. The van der Waals surface area contributed by atoms with E-state index < -0.39 is 5.60 Å². The van der Waals surface area contributed by atoms with E-state index in [1.807, 2.05) is 18.7 Å². The van der Waals surface area contributed by atoms with Gasteiger partial charge in [-0.25, -0.2) is 9.48 Å². The third kappa shape index (κ3) is 3.89. The summed E-state index contributed by atoms with van der Waals surface area (Å²) < 4.78 is 1.91. The maximum atomic E-state index is 12.3. The van der Waals surface area contributed by atoms with Gasteiger partial charge in [0, 0.05) is 25.2 Å². The van der Waals surface area contributed by atoms with Crippen LogP contribution in [-0.4, -0.2) is 58.1 Å². The van der Waals surface area contributed by atoms with Crippen LogP contribution in [-0.2, 0) is 0 Å². The number of rotatable bonds is 5. The second-order valence-corrected chi connectivity index (χ2v) is 7.53. The first-order chi connectivity index (χ1) is 11.4. The first kappa shape index (κ1) is 17.2. The van der Waals surface area contributed by atoms with E-state index in [-0.39, 0.29) is 12.6 Å². The number of hydrogen-bond donors (Lipinski definition) is 3. The fourth-order valence-electron chi connectivity index (χ4n) is 3.30. The van der Waals surface area contributed by atoms with E-state index in [0.29, 0.717) is 24.8 Å². The molecule has 0 bridgehead atoms. The van der Waals surface area contributed by atoms with Crippen molar-refractivity contribution in [2.45, 2.75) is 51.2 Å². The van der Waals surface area contributed by atoms with Gasteiger partial charge >= 0.3 is 6.03 Å². The highest BCUT2D eigenvalue weighted by Crippen LogP contribution is 2.40. The van der Waals surface area contributed by atoms with Crippen LogP contribution < -0.4 is 10.6 Å².